The first-order valence-corrected chi connectivity index (χ1v) is 12.2. The van der Waals surface area contributed by atoms with Crippen molar-refractivity contribution in [1.82, 2.24) is 5.32 Å². The number of non-ortho nitro benzene ring substituents is 1. The molecule has 0 unspecified atom stereocenters. The lowest BCUT2D eigenvalue weighted by Gasteiger charge is -2.27. The van der Waals surface area contributed by atoms with Crippen molar-refractivity contribution in [3.05, 3.63) is 34.4 Å². The third-order valence-electron chi connectivity index (χ3n) is 5.03. The molecule has 0 saturated heterocycles. The molecule has 0 bridgehead atoms. The highest BCUT2D eigenvalue weighted by Crippen LogP contribution is 2.31. The van der Waals surface area contributed by atoms with Crippen molar-refractivity contribution in [3.63, 3.8) is 0 Å². The van der Waals surface area contributed by atoms with Gasteiger partial charge in [-0.15, -0.1) is 0 Å². The Bertz CT molecular complexity index is 652. The van der Waals surface area contributed by atoms with E-state index in [9.17, 15) is 14.9 Å². The quantitative estimate of drug-likeness (QED) is 0.0818. The number of benzene rings is 1. The Morgan fingerprint density at radius 3 is 1.87 bits per heavy atom. The molecular formula is C22H34Cl3N3O3. The normalized spacial score (nSPS) is 12.4. The molecule has 176 valence electrons. The number of halogens is 3. The van der Waals surface area contributed by atoms with Crippen molar-refractivity contribution in [2.45, 2.75) is 93.9 Å². The predicted molar refractivity (Wildman–Crippen MR) is 130 cm³/mol. The van der Waals surface area contributed by atoms with Crippen LogP contribution in [0.5, 0.6) is 0 Å². The first-order valence-electron chi connectivity index (χ1n) is 11.1. The second kappa shape index (κ2) is 15.5. The smallest absolute Gasteiger partial charge is 0.269 e. The SMILES string of the molecule is CCCCCCCCCCCCCC(=O)N[C@H](Nc1ccc([N+](=O)[O-])cc1)C(Cl)(Cl)Cl. The second-order valence-corrected chi connectivity index (χ2v) is 10.1. The van der Waals surface area contributed by atoms with Crippen LogP contribution in [0.1, 0.15) is 84.0 Å². The number of anilines is 1. The van der Waals surface area contributed by atoms with E-state index in [4.69, 9.17) is 34.8 Å². The average Bonchev–Trinajstić information content (AvgIpc) is 2.71. The van der Waals surface area contributed by atoms with Crippen LogP contribution < -0.4 is 10.6 Å². The Hall–Kier alpha value is -1.24. The molecule has 1 aromatic carbocycles. The second-order valence-electron chi connectivity index (χ2n) is 7.78. The van der Waals surface area contributed by atoms with Crippen molar-refractivity contribution < 1.29 is 9.72 Å². The summed E-state index contributed by atoms with van der Waals surface area (Å²) in [5.74, 6) is -0.207. The van der Waals surface area contributed by atoms with Crippen LogP contribution in [-0.4, -0.2) is 20.8 Å². The molecule has 1 atom stereocenters. The third kappa shape index (κ3) is 13.0. The Morgan fingerprint density at radius 2 is 1.42 bits per heavy atom. The summed E-state index contributed by atoms with van der Waals surface area (Å²) in [5.41, 5.74) is 0.452. The van der Waals surface area contributed by atoms with Crippen molar-refractivity contribution in [3.8, 4) is 0 Å². The van der Waals surface area contributed by atoms with Gasteiger partial charge in [0.2, 0.25) is 9.70 Å². The summed E-state index contributed by atoms with van der Waals surface area (Å²) >= 11 is 18.0. The number of carbonyl (C=O) groups is 1. The van der Waals surface area contributed by atoms with Gasteiger partial charge in [-0.2, -0.15) is 0 Å². The van der Waals surface area contributed by atoms with E-state index in [1.165, 1.54) is 75.6 Å². The van der Waals surface area contributed by atoms with Gasteiger partial charge in [-0.25, -0.2) is 0 Å². The monoisotopic (exact) mass is 493 g/mol. The largest absolute Gasteiger partial charge is 0.362 e. The van der Waals surface area contributed by atoms with Crippen LogP contribution in [0, 0.1) is 10.1 Å². The standard InChI is InChI=1S/C22H34Cl3N3O3/c1-2-3-4-5-6-7-8-9-10-11-12-13-20(29)27-21(22(23,24)25)26-18-14-16-19(17-15-18)28(30)31/h14-17,21,26H,2-13H2,1H3,(H,27,29)/t21-/m0/s1. The number of nitro groups is 1. The molecule has 1 aromatic rings. The fourth-order valence-corrected chi connectivity index (χ4v) is 3.56. The molecule has 0 saturated carbocycles. The van der Waals surface area contributed by atoms with E-state index >= 15 is 0 Å². The molecular weight excluding hydrogens is 461 g/mol. The molecule has 0 aliphatic rings. The van der Waals surface area contributed by atoms with Crippen LogP contribution in [-0.2, 0) is 4.79 Å². The van der Waals surface area contributed by atoms with E-state index < -0.39 is 14.9 Å². The molecule has 9 heteroatoms. The van der Waals surface area contributed by atoms with Crippen LogP contribution in [0.2, 0.25) is 0 Å². The molecule has 0 radical (unpaired) electrons. The van der Waals surface area contributed by atoms with Gasteiger partial charge in [0.25, 0.3) is 5.69 Å². The van der Waals surface area contributed by atoms with Gasteiger partial charge < -0.3 is 10.6 Å². The van der Waals surface area contributed by atoms with Gasteiger partial charge in [0.15, 0.2) is 0 Å². The lowest BCUT2D eigenvalue weighted by atomic mass is 10.1. The Morgan fingerprint density at radius 1 is 0.935 bits per heavy atom. The first kappa shape index (κ1) is 27.8. The summed E-state index contributed by atoms with van der Waals surface area (Å²) in [6, 6.07) is 5.67. The topological polar surface area (TPSA) is 84.3 Å². The Labute approximate surface area is 200 Å². The number of hydrogen-bond acceptors (Lipinski definition) is 4. The van der Waals surface area contributed by atoms with Crippen LogP contribution in [0.25, 0.3) is 0 Å². The fraction of sp³-hybridized carbons (Fsp3) is 0.682. The van der Waals surface area contributed by atoms with Crippen molar-refractivity contribution in [1.29, 1.82) is 0 Å². The fourth-order valence-electron chi connectivity index (χ4n) is 3.23. The van der Waals surface area contributed by atoms with E-state index in [2.05, 4.69) is 17.6 Å². The van der Waals surface area contributed by atoms with Gasteiger partial charge in [0.1, 0.15) is 6.17 Å². The minimum atomic E-state index is -1.78. The molecule has 2 N–H and O–H groups in total. The number of unbranched alkanes of at least 4 members (excludes halogenated alkanes) is 10. The lowest BCUT2D eigenvalue weighted by Crippen LogP contribution is -2.49. The predicted octanol–water partition coefficient (Wildman–Crippen LogP) is 7.52. The molecule has 31 heavy (non-hydrogen) atoms. The average molecular weight is 495 g/mol. The third-order valence-corrected chi connectivity index (χ3v) is 5.68. The van der Waals surface area contributed by atoms with Crippen LogP contribution >= 0.6 is 34.8 Å². The highest BCUT2D eigenvalue weighted by atomic mass is 35.6. The maximum atomic E-state index is 12.3. The zero-order chi connectivity index (χ0) is 23.1. The van der Waals surface area contributed by atoms with E-state index in [0.717, 1.165) is 19.3 Å². The Balaban J connectivity index is 2.27. The van der Waals surface area contributed by atoms with E-state index in [-0.39, 0.29) is 11.6 Å². The van der Waals surface area contributed by atoms with E-state index in [1.54, 1.807) is 0 Å². The Kier molecular flexibility index (Phi) is 13.9. The van der Waals surface area contributed by atoms with Crippen molar-refractivity contribution in [2.75, 3.05) is 5.32 Å². The van der Waals surface area contributed by atoms with Crippen molar-refractivity contribution >= 4 is 52.1 Å². The summed E-state index contributed by atoms with van der Waals surface area (Å²) in [4.78, 5) is 22.5. The summed E-state index contributed by atoms with van der Waals surface area (Å²) in [7, 11) is 0. The number of nitrogens with one attached hydrogen (secondary N) is 2. The molecule has 0 aromatic heterocycles. The molecule has 0 heterocycles. The summed E-state index contributed by atoms with van der Waals surface area (Å²) in [5, 5.41) is 16.4. The first-order chi connectivity index (χ1) is 14.7. The van der Waals surface area contributed by atoms with Crippen molar-refractivity contribution in [2.24, 2.45) is 0 Å². The molecule has 1 rings (SSSR count). The molecule has 0 spiro atoms. The van der Waals surface area contributed by atoms with Gasteiger partial charge in [-0.1, -0.05) is 106 Å². The van der Waals surface area contributed by atoms with Gasteiger partial charge in [-0.3, -0.25) is 14.9 Å². The zero-order valence-electron chi connectivity index (χ0n) is 18.2. The number of carbonyl (C=O) groups excluding carboxylic acids is 1. The number of alkyl halides is 3. The maximum absolute atomic E-state index is 12.3. The zero-order valence-corrected chi connectivity index (χ0v) is 20.4. The van der Waals surface area contributed by atoms with E-state index in [0.29, 0.717) is 12.1 Å². The van der Waals surface area contributed by atoms with Gasteiger partial charge in [-0.05, 0) is 18.6 Å². The maximum Gasteiger partial charge on any atom is 0.269 e. The summed E-state index contributed by atoms with van der Waals surface area (Å²) in [6.07, 6.45) is 12.7. The van der Waals surface area contributed by atoms with Crippen LogP contribution in [0.3, 0.4) is 0 Å². The molecule has 0 fully saturated rings. The minimum absolute atomic E-state index is 0.0449. The molecule has 1 amide bonds. The van der Waals surface area contributed by atoms with Gasteiger partial charge in [0.05, 0.1) is 4.92 Å². The molecule has 0 aliphatic carbocycles. The number of rotatable bonds is 16. The van der Waals surface area contributed by atoms with Gasteiger partial charge in [0, 0.05) is 24.2 Å². The molecule has 0 aliphatic heterocycles. The number of nitrogens with zero attached hydrogens (tertiary/aromatic N) is 1. The van der Waals surface area contributed by atoms with Crippen LogP contribution in [0.4, 0.5) is 11.4 Å². The number of amides is 1. The highest BCUT2D eigenvalue weighted by molar-refractivity contribution is 6.68. The number of hydrogen-bond donors (Lipinski definition) is 2. The summed E-state index contributed by atoms with van der Waals surface area (Å²) in [6.45, 7) is 2.23. The van der Waals surface area contributed by atoms with Crippen LogP contribution in [0.15, 0.2) is 24.3 Å². The molecule has 6 nitrogen and oxygen atoms in total. The number of nitro benzene ring substituents is 1. The highest BCUT2D eigenvalue weighted by Gasteiger charge is 2.34. The lowest BCUT2D eigenvalue weighted by molar-refractivity contribution is -0.384. The minimum Gasteiger partial charge on any atom is -0.362 e. The van der Waals surface area contributed by atoms with E-state index in [1.807, 2.05) is 0 Å². The summed E-state index contributed by atoms with van der Waals surface area (Å²) < 4.78 is -1.78. The van der Waals surface area contributed by atoms with Gasteiger partial charge >= 0.3 is 0 Å².